The van der Waals surface area contributed by atoms with Gasteiger partial charge in [0.25, 0.3) is 0 Å². The van der Waals surface area contributed by atoms with Crippen molar-refractivity contribution in [3.05, 3.63) is 41.1 Å². The average molecular weight is 233 g/mol. The van der Waals surface area contributed by atoms with E-state index >= 15 is 0 Å². The number of H-pyrrole nitrogens is 1. The number of imidazole rings is 1. The van der Waals surface area contributed by atoms with Crippen molar-refractivity contribution in [1.29, 1.82) is 0 Å². The number of nitrogens with zero attached hydrogens (tertiary/aromatic N) is 1. The highest BCUT2D eigenvalue weighted by atomic mass is 19.1. The number of nitrogens with two attached hydrogens (primary N) is 1. The van der Waals surface area contributed by atoms with E-state index in [1.165, 1.54) is 6.07 Å². The predicted molar refractivity (Wildman–Crippen MR) is 66.0 cm³/mol. The van der Waals surface area contributed by atoms with Crippen molar-refractivity contribution in [2.45, 2.75) is 26.8 Å². The van der Waals surface area contributed by atoms with E-state index in [-0.39, 0.29) is 12.4 Å². The Kier molecular flexibility index (Phi) is 3.24. The second kappa shape index (κ2) is 4.67. The van der Waals surface area contributed by atoms with E-state index < -0.39 is 0 Å². The Labute approximate surface area is 99.9 Å². The minimum Gasteiger partial charge on any atom is -0.346 e. The second-order valence-corrected chi connectivity index (χ2v) is 4.02. The molecule has 0 atom stereocenters. The van der Waals surface area contributed by atoms with Crippen molar-refractivity contribution in [2.24, 2.45) is 5.73 Å². The lowest BCUT2D eigenvalue weighted by atomic mass is 10.1. The summed E-state index contributed by atoms with van der Waals surface area (Å²) in [6.45, 7) is 4.20. The molecule has 0 aliphatic carbocycles. The lowest BCUT2D eigenvalue weighted by molar-refractivity contribution is 0.611. The predicted octanol–water partition coefficient (Wildman–Crippen LogP) is 2.55. The summed E-state index contributed by atoms with van der Waals surface area (Å²) in [5.41, 5.74) is 8.79. The Hall–Kier alpha value is -1.68. The van der Waals surface area contributed by atoms with E-state index in [2.05, 4.69) is 9.97 Å². The lowest BCUT2D eigenvalue weighted by Gasteiger charge is -2.03. The summed E-state index contributed by atoms with van der Waals surface area (Å²) in [5, 5.41) is 0. The van der Waals surface area contributed by atoms with Gasteiger partial charge in [-0.25, -0.2) is 9.37 Å². The Morgan fingerprint density at radius 1 is 1.41 bits per heavy atom. The molecule has 2 aromatic rings. The maximum atomic E-state index is 13.3. The molecule has 1 aromatic carbocycles. The Morgan fingerprint density at radius 2 is 2.18 bits per heavy atom. The maximum absolute atomic E-state index is 13.3. The molecule has 90 valence electrons. The summed E-state index contributed by atoms with van der Waals surface area (Å²) in [4.78, 5) is 7.69. The van der Waals surface area contributed by atoms with Gasteiger partial charge in [0.2, 0.25) is 0 Å². The number of benzene rings is 1. The molecule has 0 amide bonds. The van der Waals surface area contributed by atoms with Gasteiger partial charge < -0.3 is 10.7 Å². The normalized spacial score (nSPS) is 10.8. The first-order valence-electron chi connectivity index (χ1n) is 5.70. The van der Waals surface area contributed by atoms with Crippen LogP contribution in [0.15, 0.2) is 18.2 Å². The first-order chi connectivity index (χ1) is 8.15. The molecule has 2 rings (SSSR count). The van der Waals surface area contributed by atoms with Gasteiger partial charge in [-0.15, -0.1) is 0 Å². The summed E-state index contributed by atoms with van der Waals surface area (Å²) in [6.07, 6.45) is 0.853. The number of aromatic amines is 1. The van der Waals surface area contributed by atoms with Gasteiger partial charge in [0.15, 0.2) is 0 Å². The van der Waals surface area contributed by atoms with Crippen LogP contribution >= 0.6 is 0 Å². The van der Waals surface area contributed by atoms with Crippen molar-refractivity contribution in [3.63, 3.8) is 0 Å². The highest BCUT2D eigenvalue weighted by Gasteiger charge is 2.10. The largest absolute Gasteiger partial charge is 0.346 e. The van der Waals surface area contributed by atoms with Gasteiger partial charge in [-0.3, -0.25) is 0 Å². The van der Waals surface area contributed by atoms with E-state index in [4.69, 9.17) is 5.73 Å². The van der Waals surface area contributed by atoms with Gasteiger partial charge in [0, 0.05) is 29.8 Å². The molecule has 4 heteroatoms. The zero-order valence-electron chi connectivity index (χ0n) is 10.0. The molecule has 0 saturated carbocycles. The zero-order valence-corrected chi connectivity index (χ0v) is 10.0. The molecule has 3 nitrogen and oxygen atoms in total. The van der Waals surface area contributed by atoms with Crippen molar-refractivity contribution in [1.82, 2.24) is 9.97 Å². The van der Waals surface area contributed by atoms with Crippen molar-refractivity contribution in [2.75, 3.05) is 0 Å². The second-order valence-electron chi connectivity index (χ2n) is 4.02. The van der Waals surface area contributed by atoms with Crippen LogP contribution < -0.4 is 5.73 Å². The maximum Gasteiger partial charge on any atom is 0.127 e. The third-order valence-corrected chi connectivity index (χ3v) is 2.81. The fourth-order valence-corrected chi connectivity index (χ4v) is 1.85. The molecule has 0 radical (unpaired) electrons. The standard InChI is InChI=1S/C13H16FN3/c1-3-12-16-8(2)13(17-12)9-4-5-11(14)10(6-9)7-15/h4-6H,3,7,15H2,1-2H3,(H,16,17). The quantitative estimate of drug-likeness (QED) is 0.856. The summed E-state index contributed by atoms with van der Waals surface area (Å²) in [5.74, 6) is 0.677. The lowest BCUT2D eigenvalue weighted by Crippen LogP contribution is -2.00. The van der Waals surface area contributed by atoms with Gasteiger partial charge in [0.1, 0.15) is 11.6 Å². The third-order valence-electron chi connectivity index (χ3n) is 2.81. The van der Waals surface area contributed by atoms with Crippen LogP contribution in [-0.2, 0) is 13.0 Å². The fraction of sp³-hybridized carbons (Fsp3) is 0.308. The SMILES string of the molecule is CCc1nc(-c2ccc(F)c(CN)c2)c(C)[nH]1. The topological polar surface area (TPSA) is 54.7 Å². The van der Waals surface area contributed by atoms with Gasteiger partial charge in [0.05, 0.1) is 5.69 Å². The number of aryl methyl sites for hydroxylation is 2. The van der Waals surface area contributed by atoms with Crippen molar-refractivity contribution >= 4 is 0 Å². The molecule has 1 aromatic heterocycles. The van der Waals surface area contributed by atoms with Gasteiger partial charge in [-0.2, -0.15) is 0 Å². The van der Waals surface area contributed by atoms with Crippen LogP contribution in [0.2, 0.25) is 0 Å². The highest BCUT2D eigenvalue weighted by molar-refractivity contribution is 5.62. The molecule has 3 N–H and O–H groups in total. The molecule has 0 saturated heterocycles. The summed E-state index contributed by atoms with van der Waals surface area (Å²) in [7, 11) is 0. The van der Waals surface area contributed by atoms with Gasteiger partial charge in [-0.05, 0) is 25.1 Å². The number of halogens is 1. The van der Waals surface area contributed by atoms with E-state index in [1.54, 1.807) is 12.1 Å². The third kappa shape index (κ3) is 2.22. The van der Waals surface area contributed by atoms with Crippen LogP contribution in [0.3, 0.4) is 0 Å². The molecular weight excluding hydrogens is 217 g/mol. The highest BCUT2D eigenvalue weighted by Crippen LogP contribution is 2.23. The molecule has 17 heavy (non-hydrogen) atoms. The Balaban J connectivity index is 2.48. The number of hydrogen-bond donors (Lipinski definition) is 2. The van der Waals surface area contributed by atoms with Crippen LogP contribution in [0.25, 0.3) is 11.3 Å². The monoisotopic (exact) mass is 233 g/mol. The van der Waals surface area contributed by atoms with Crippen LogP contribution in [-0.4, -0.2) is 9.97 Å². The summed E-state index contributed by atoms with van der Waals surface area (Å²) < 4.78 is 13.3. The molecule has 0 unspecified atom stereocenters. The Bertz CT molecular complexity index is 531. The van der Waals surface area contributed by atoms with Crippen LogP contribution in [0, 0.1) is 12.7 Å². The van der Waals surface area contributed by atoms with Crippen LogP contribution in [0.1, 0.15) is 24.0 Å². The molecule has 0 aliphatic rings. The first-order valence-corrected chi connectivity index (χ1v) is 5.70. The van der Waals surface area contributed by atoms with E-state index in [1.807, 2.05) is 13.8 Å². The van der Waals surface area contributed by atoms with E-state index in [0.29, 0.717) is 5.56 Å². The smallest absolute Gasteiger partial charge is 0.127 e. The first kappa shape index (κ1) is 11.8. The molecule has 0 aliphatic heterocycles. The molecule has 0 bridgehead atoms. The molecule has 1 heterocycles. The van der Waals surface area contributed by atoms with Crippen LogP contribution in [0.5, 0.6) is 0 Å². The Morgan fingerprint density at radius 3 is 2.76 bits per heavy atom. The fourth-order valence-electron chi connectivity index (χ4n) is 1.85. The van der Waals surface area contributed by atoms with Gasteiger partial charge >= 0.3 is 0 Å². The number of hydrogen-bond acceptors (Lipinski definition) is 2. The van der Waals surface area contributed by atoms with E-state index in [9.17, 15) is 4.39 Å². The number of aromatic nitrogens is 2. The van der Waals surface area contributed by atoms with E-state index in [0.717, 1.165) is 29.2 Å². The molecular formula is C13H16FN3. The number of rotatable bonds is 3. The zero-order chi connectivity index (χ0) is 12.4. The number of nitrogens with one attached hydrogen (secondary N) is 1. The average Bonchev–Trinajstić information content (AvgIpc) is 2.71. The minimum atomic E-state index is -0.264. The van der Waals surface area contributed by atoms with Crippen molar-refractivity contribution in [3.8, 4) is 11.3 Å². The van der Waals surface area contributed by atoms with Crippen LogP contribution in [0.4, 0.5) is 4.39 Å². The molecule has 0 spiro atoms. The summed E-state index contributed by atoms with van der Waals surface area (Å²) in [6, 6.07) is 4.94. The van der Waals surface area contributed by atoms with Crippen molar-refractivity contribution < 1.29 is 4.39 Å². The minimum absolute atomic E-state index is 0.198. The summed E-state index contributed by atoms with van der Waals surface area (Å²) >= 11 is 0. The molecule has 0 fully saturated rings. The van der Waals surface area contributed by atoms with Gasteiger partial charge in [-0.1, -0.05) is 6.92 Å².